The molecule has 0 bridgehead atoms. The van der Waals surface area contributed by atoms with Crippen LogP contribution in [0.4, 0.5) is 5.95 Å². The largest absolute Gasteiger partial charge is 0.469 e. The van der Waals surface area contributed by atoms with Crippen LogP contribution in [0.5, 0.6) is 0 Å². The summed E-state index contributed by atoms with van der Waals surface area (Å²) >= 11 is 0. The number of nitriles is 1. The van der Waals surface area contributed by atoms with E-state index in [1.807, 2.05) is 13.0 Å². The standard InChI is InChI=1S/C17H19N6O5P/c1-3-23-15(8-11(2)21-23)16(24)20-17-19-13-9-12(10-18)4-5-14(13)22(17)6-7-28-29(25,26)27/h4-5,8-9H,3,6-7H2,1-2H3,(H,19,20,24)(H2,25,26,27). The van der Waals surface area contributed by atoms with Crippen LogP contribution in [-0.4, -0.2) is 41.6 Å². The SMILES string of the molecule is CCn1nc(C)cc1C(=O)Nc1nc2cc(C#N)ccc2n1CCOP(=O)(O)O. The molecule has 3 rings (SSSR count). The molecule has 0 aliphatic heterocycles. The number of hydrogen-bond acceptors (Lipinski definition) is 6. The number of nitrogens with zero attached hydrogens (tertiary/aromatic N) is 5. The van der Waals surface area contributed by atoms with E-state index in [0.717, 1.165) is 0 Å². The third kappa shape index (κ3) is 4.70. The summed E-state index contributed by atoms with van der Waals surface area (Å²) in [7, 11) is -4.63. The van der Waals surface area contributed by atoms with Crippen molar-refractivity contribution in [3.63, 3.8) is 0 Å². The Morgan fingerprint density at radius 2 is 2.14 bits per heavy atom. The van der Waals surface area contributed by atoms with Gasteiger partial charge in [-0.1, -0.05) is 0 Å². The number of carbonyl (C=O) groups is 1. The summed E-state index contributed by atoms with van der Waals surface area (Å²) in [4.78, 5) is 34.9. The van der Waals surface area contributed by atoms with Crippen LogP contribution < -0.4 is 5.32 Å². The van der Waals surface area contributed by atoms with Gasteiger partial charge in [0.25, 0.3) is 5.91 Å². The first-order valence-corrected chi connectivity index (χ1v) is 10.2. The minimum Gasteiger partial charge on any atom is -0.308 e. The lowest BCUT2D eigenvalue weighted by Gasteiger charge is -2.11. The molecule has 1 aromatic carbocycles. The normalized spacial score (nSPS) is 11.6. The lowest BCUT2D eigenvalue weighted by Crippen LogP contribution is -2.20. The molecule has 0 saturated carbocycles. The zero-order valence-electron chi connectivity index (χ0n) is 15.7. The van der Waals surface area contributed by atoms with Crippen LogP contribution in [0, 0.1) is 18.3 Å². The number of anilines is 1. The highest BCUT2D eigenvalue weighted by Crippen LogP contribution is 2.35. The average Bonchev–Trinajstić information content (AvgIpc) is 3.20. The van der Waals surface area contributed by atoms with E-state index in [9.17, 15) is 9.36 Å². The predicted octanol–water partition coefficient (Wildman–Crippen LogP) is 1.79. The van der Waals surface area contributed by atoms with Gasteiger partial charge in [0, 0.05) is 6.54 Å². The van der Waals surface area contributed by atoms with Gasteiger partial charge in [-0.05, 0) is 38.1 Å². The second-order valence-corrected chi connectivity index (χ2v) is 7.41. The fourth-order valence-corrected chi connectivity index (χ4v) is 3.23. The number of benzene rings is 1. The molecular formula is C17H19N6O5P. The number of hydrogen-bond donors (Lipinski definition) is 3. The number of aromatic nitrogens is 4. The number of carbonyl (C=O) groups excluding carboxylic acids is 1. The summed E-state index contributed by atoms with van der Waals surface area (Å²) in [5.74, 6) is -0.267. The molecule has 0 fully saturated rings. The molecule has 3 aromatic rings. The molecule has 0 saturated heterocycles. The lowest BCUT2D eigenvalue weighted by molar-refractivity contribution is 0.101. The van der Waals surface area contributed by atoms with E-state index >= 15 is 0 Å². The van der Waals surface area contributed by atoms with E-state index in [0.29, 0.717) is 34.5 Å². The molecule has 0 radical (unpaired) electrons. The van der Waals surface area contributed by atoms with Crippen LogP contribution in [-0.2, 0) is 22.2 Å². The van der Waals surface area contributed by atoms with Crippen molar-refractivity contribution < 1.29 is 23.7 Å². The fraction of sp³-hybridized carbons (Fsp3) is 0.294. The Kier molecular flexibility index (Phi) is 5.81. The summed E-state index contributed by atoms with van der Waals surface area (Å²) in [5, 5.41) is 16.0. The number of phosphoric acid groups is 1. The molecule has 3 N–H and O–H groups in total. The van der Waals surface area contributed by atoms with Crippen molar-refractivity contribution >= 4 is 30.7 Å². The topological polar surface area (TPSA) is 155 Å². The molecule has 1 amide bonds. The number of rotatable bonds is 7. The molecule has 2 aromatic heterocycles. The Bertz CT molecular complexity index is 1160. The minimum atomic E-state index is -4.63. The van der Waals surface area contributed by atoms with Crippen molar-refractivity contribution in [1.29, 1.82) is 5.26 Å². The van der Waals surface area contributed by atoms with Gasteiger partial charge in [-0.3, -0.25) is 19.3 Å². The first-order valence-electron chi connectivity index (χ1n) is 8.68. The monoisotopic (exact) mass is 418 g/mol. The molecular weight excluding hydrogens is 399 g/mol. The Morgan fingerprint density at radius 3 is 2.79 bits per heavy atom. The highest BCUT2D eigenvalue weighted by molar-refractivity contribution is 7.46. The average molecular weight is 418 g/mol. The van der Waals surface area contributed by atoms with E-state index in [1.54, 1.807) is 40.4 Å². The molecule has 0 aliphatic rings. The zero-order valence-corrected chi connectivity index (χ0v) is 16.6. The van der Waals surface area contributed by atoms with Crippen LogP contribution in [0.3, 0.4) is 0 Å². The van der Waals surface area contributed by atoms with E-state index in [1.165, 1.54) is 0 Å². The van der Waals surface area contributed by atoms with Gasteiger partial charge in [-0.25, -0.2) is 9.55 Å². The minimum absolute atomic E-state index is 0.0230. The van der Waals surface area contributed by atoms with Gasteiger partial charge in [-0.2, -0.15) is 10.4 Å². The van der Waals surface area contributed by atoms with Crippen LogP contribution in [0.1, 0.15) is 28.7 Å². The Labute approximate surface area is 165 Å². The fourth-order valence-electron chi connectivity index (χ4n) is 2.91. The molecule has 0 unspecified atom stereocenters. The molecule has 0 spiro atoms. The molecule has 2 heterocycles. The third-order valence-electron chi connectivity index (χ3n) is 4.11. The van der Waals surface area contributed by atoms with E-state index in [4.69, 9.17) is 15.0 Å². The predicted molar refractivity (Wildman–Crippen MR) is 103 cm³/mol. The second kappa shape index (κ2) is 8.14. The van der Waals surface area contributed by atoms with Crippen LogP contribution in [0.25, 0.3) is 11.0 Å². The van der Waals surface area contributed by atoms with Crippen molar-refractivity contribution in [3.8, 4) is 6.07 Å². The molecule has 11 nitrogen and oxygen atoms in total. The summed E-state index contributed by atoms with van der Waals surface area (Å²) in [6, 6.07) is 8.47. The second-order valence-electron chi connectivity index (χ2n) is 6.17. The van der Waals surface area contributed by atoms with Crippen LogP contribution in [0.15, 0.2) is 24.3 Å². The van der Waals surface area contributed by atoms with Gasteiger partial charge in [0.15, 0.2) is 0 Å². The number of nitrogens with one attached hydrogen (secondary N) is 1. The van der Waals surface area contributed by atoms with Crippen molar-refractivity contribution in [2.24, 2.45) is 0 Å². The van der Waals surface area contributed by atoms with Crippen LogP contribution >= 0.6 is 7.82 Å². The van der Waals surface area contributed by atoms with E-state index in [-0.39, 0.29) is 19.1 Å². The summed E-state index contributed by atoms with van der Waals surface area (Å²) < 4.78 is 18.6. The first-order chi connectivity index (χ1) is 13.7. The van der Waals surface area contributed by atoms with Gasteiger partial charge >= 0.3 is 7.82 Å². The Hall–Kier alpha value is -3.03. The maximum absolute atomic E-state index is 12.8. The van der Waals surface area contributed by atoms with E-state index in [2.05, 4.69) is 19.9 Å². The quantitative estimate of drug-likeness (QED) is 0.491. The van der Waals surface area contributed by atoms with Gasteiger partial charge in [0.1, 0.15) is 5.69 Å². The first kappa shape index (κ1) is 20.7. The maximum Gasteiger partial charge on any atom is 0.469 e. The highest BCUT2D eigenvalue weighted by atomic mass is 31.2. The number of fused-ring (bicyclic) bond motifs is 1. The smallest absolute Gasteiger partial charge is 0.308 e. The van der Waals surface area contributed by atoms with Gasteiger partial charge in [-0.15, -0.1) is 0 Å². The van der Waals surface area contributed by atoms with Crippen molar-refractivity contribution in [2.75, 3.05) is 11.9 Å². The lowest BCUT2D eigenvalue weighted by atomic mass is 10.2. The molecule has 29 heavy (non-hydrogen) atoms. The molecule has 12 heteroatoms. The summed E-state index contributed by atoms with van der Waals surface area (Å²) in [6.07, 6.45) is 0. The van der Waals surface area contributed by atoms with Gasteiger partial charge in [0.05, 0.1) is 41.5 Å². The van der Waals surface area contributed by atoms with Crippen molar-refractivity contribution in [1.82, 2.24) is 19.3 Å². The Morgan fingerprint density at radius 1 is 1.38 bits per heavy atom. The van der Waals surface area contributed by atoms with Crippen molar-refractivity contribution in [3.05, 3.63) is 41.2 Å². The number of amides is 1. The van der Waals surface area contributed by atoms with Crippen molar-refractivity contribution in [2.45, 2.75) is 26.9 Å². The summed E-state index contributed by atoms with van der Waals surface area (Å²) in [6.45, 7) is 3.87. The maximum atomic E-state index is 12.8. The highest BCUT2D eigenvalue weighted by Gasteiger charge is 2.19. The number of imidazole rings is 1. The van der Waals surface area contributed by atoms with Gasteiger partial charge < -0.3 is 14.4 Å². The number of aryl methyl sites for hydroxylation is 2. The van der Waals surface area contributed by atoms with E-state index < -0.39 is 13.7 Å². The number of phosphoric ester groups is 1. The van der Waals surface area contributed by atoms with Gasteiger partial charge in [0.2, 0.25) is 5.95 Å². The zero-order chi connectivity index (χ0) is 21.2. The summed E-state index contributed by atoms with van der Waals surface area (Å²) in [5.41, 5.74) is 2.47. The molecule has 0 aliphatic carbocycles. The third-order valence-corrected chi connectivity index (χ3v) is 4.63. The molecule has 0 atom stereocenters. The van der Waals surface area contributed by atoms with Crippen LogP contribution in [0.2, 0.25) is 0 Å². The Balaban J connectivity index is 1.96. The molecule has 152 valence electrons.